The first-order valence-electron chi connectivity index (χ1n) is 7.31. The largest absolute Gasteiger partial charge is 0.370 e. The van der Waals surface area contributed by atoms with Crippen LogP contribution < -0.4 is 10.6 Å². The molecule has 2 rings (SSSR count). The summed E-state index contributed by atoms with van der Waals surface area (Å²) in [6, 6.07) is 13.9. The summed E-state index contributed by atoms with van der Waals surface area (Å²) in [5, 5.41) is 6.09. The summed E-state index contributed by atoms with van der Waals surface area (Å²) in [6.07, 6.45) is 3.48. The van der Waals surface area contributed by atoms with Crippen molar-refractivity contribution in [3.05, 3.63) is 59.8 Å². The highest BCUT2D eigenvalue weighted by molar-refractivity contribution is 5.93. The third kappa shape index (κ3) is 4.91. The predicted molar refractivity (Wildman–Crippen MR) is 85.5 cm³/mol. The van der Waals surface area contributed by atoms with E-state index in [1.165, 1.54) is 5.56 Å². The highest BCUT2D eigenvalue weighted by atomic mass is 16.1. The van der Waals surface area contributed by atoms with E-state index in [4.69, 9.17) is 0 Å². The zero-order chi connectivity index (χ0) is 14.9. The van der Waals surface area contributed by atoms with Crippen LogP contribution in [0.4, 0.5) is 5.82 Å². The number of pyridine rings is 1. The minimum absolute atomic E-state index is 0.0693. The van der Waals surface area contributed by atoms with E-state index >= 15 is 0 Å². The Hall–Kier alpha value is -2.36. The van der Waals surface area contributed by atoms with E-state index in [9.17, 15) is 4.79 Å². The monoisotopic (exact) mass is 283 g/mol. The molecule has 1 amide bonds. The van der Waals surface area contributed by atoms with Gasteiger partial charge in [0.05, 0.1) is 5.56 Å². The van der Waals surface area contributed by atoms with Gasteiger partial charge in [-0.3, -0.25) is 4.79 Å². The number of nitrogens with zero attached hydrogens (tertiary/aromatic N) is 1. The molecular weight excluding hydrogens is 262 g/mol. The SMILES string of the molecule is CCCNC(=O)c1ccc(NCCc2ccccc2)nc1. The molecule has 0 radical (unpaired) electrons. The fourth-order valence-electron chi connectivity index (χ4n) is 1.95. The third-order valence-electron chi connectivity index (χ3n) is 3.12. The molecule has 0 unspecified atom stereocenters. The van der Waals surface area contributed by atoms with Crippen molar-refractivity contribution >= 4 is 11.7 Å². The topological polar surface area (TPSA) is 54.0 Å². The third-order valence-corrected chi connectivity index (χ3v) is 3.12. The fraction of sp³-hybridized carbons (Fsp3) is 0.294. The molecule has 0 saturated heterocycles. The molecular formula is C17H21N3O. The normalized spacial score (nSPS) is 10.1. The molecule has 0 aliphatic carbocycles. The van der Waals surface area contributed by atoms with E-state index in [0.29, 0.717) is 12.1 Å². The van der Waals surface area contributed by atoms with Crippen molar-refractivity contribution in [1.29, 1.82) is 0 Å². The molecule has 1 heterocycles. The summed E-state index contributed by atoms with van der Waals surface area (Å²) in [4.78, 5) is 16.0. The minimum atomic E-state index is -0.0693. The number of hydrogen-bond donors (Lipinski definition) is 2. The Kier molecular flexibility index (Phi) is 5.76. The molecule has 4 heteroatoms. The van der Waals surface area contributed by atoms with Crippen molar-refractivity contribution in [3.8, 4) is 0 Å². The molecule has 1 aromatic carbocycles. The lowest BCUT2D eigenvalue weighted by Crippen LogP contribution is -2.24. The van der Waals surface area contributed by atoms with Gasteiger partial charge in [-0.2, -0.15) is 0 Å². The summed E-state index contributed by atoms with van der Waals surface area (Å²) in [6.45, 7) is 3.53. The number of rotatable bonds is 7. The van der Waals surface area contributed by atoms with Crippen LogP contribution in [0.2, 0.25) is 0 Å². The zero-order valence-corrected chi connectivity index (χ0v) is 12.3. The molecule has 4 nitrogen and oxygen atoms in total. The number of carbonyl (C=O) groups excluding carboxylic acids is 1. The Labute approximate surface area is 125 Å². The second kappa shape index (κ2) is 8.04. The number of hydrogen-bond acceptors (Lipinski definition) is 3. The quantitative estimate of drug-likeness (QED) is 0.821. The van der Waals surface area contributed by atoms with Gasteiger partial charge in [0.25, 0.3) is 5.91 Å². The maximum absolute atomic E-state index is 11.7. The van der Waals surface area contributed by atoms with Crippen molar-refractivity contribution in [1.82, 2.24) is 10.3 Å². The van der Waals surface area contributed by atoms with E-state index in [0.717, 1.165) is 25.2 Å². The van der Waals surface area contributed by atoms with E-state index in [-0.39, 0.29) is 5.91 Å². The van der Waals surface area contributed by atoms with Gasteiger partial charge in [0.15, 0.2) is 0 Å². The van der Waals surface area contributed by atoms with Gasteiger partial charge < -0.3 is 10.6 Å². The lowest BCUT2D eigenvalue weighted by atomic mass is 10.1. The lowest BCUT2D eigenvalue weighted by Gasteiger charge is -2.07. The standard InChI is InChI=1S/C17H21N3O/c1-2-11-19-17(21)15-8-9-16(20-13-15)18-12-10-14-6-4-3-5-7-14/h3-9,13H,2,10-12H2,1H3,(H,18,20)(H,19,21). The maximum Gasteiger partial charge on any atom is 0.252 e. The summed E-state index contributed by atoms with van der Waals surface area (Å²) in [7, 11) is 0. The number of anilines is 1. The van der Waals surface area contributed by atoms with Crippen molar-refractivity contribution in [2.75, 3.05) is 18.4 Å². The molecule has 2 aromatic rings. The van der Waals surface area contributed by atoms with Crippen LogP contribution in [0.1, 0.15) is 29.3 Å². The molecule has 0 saturated carbocycles. The Morgan fingerprint density at radius 3 is 2.57 bits per heavy atom. The maximum atomic E-state index is 11.7. The van der Waals surface area contributed by atoms with Crippen LogP contribution in [0.5, 0.6) is 0 Å². The lowest BCUT2D eigenvalue weighted by molar-refractivity contribution is 0.0953. The second-order valence-electron chi connectivity index (χ2n) is 4.85. The predicted octanol–water partition coefficient (Wildman–Crippen LogP) is 2.88. The van der Waals surface area contributed by atoms with Gasteiger partial charge in [-0.1, -0.05) is 37.3 Å². The molecule has 0 atom stereocenters. The van der Waals surface area contributed by atoms with Gasteiger partial charge in [-0.25, -0.2) is 4.98 Å². The number of aromatic nitrogens is 1. The van der Waals surface area contributed by atoms with E-state index in [2.05, 4.69) is 27.8 Å². The molecule has 0 fully saturated rings. The van der Waals surface area contributed by atoms with E-state index in [1.807, 2.05) is 31.2 Å². The smallest absolute Gasteiger partial charge is 0.252 e. The van der Waals surface area contributed by atoms with Gasteiger partial charge in [-0.15, -0.1) is 0 Å². The van der Waals surface area contributed by atoms with Crippen LogP contribution in [-0.2, 0) is 6.42 Å². The Morgan fingerprint density at radius 2 is 1.90 bits per heavy atom. The van der Waals surface area contributed by atoms with Gasteiger partial charge in [0.1, 0.15) is 5.82 Å². The summed E-state index contributed by atoms with van der Waals surface area (Å²) in [5.74, 6) is 0.721. The van der Waals surface area contributed by atoms with Crippen LogP contribution in [0.25, 0.3) is 0 Å². The number of amides is 1. The molecule has 0 aliphatic heterocycles. The molecule has 0 spiro atoms. The Balaban J connectivity index is 1.81. The van der Waals surface area contributed by atoms with Crippen molar-refractivity contribution in [2.45, 2.75) is 19.8 Å². The molecule has 0 aliphatic rings. The van der Waals surface area contributed by atoms with Crippen LogP contribution in [-0.4, -0.2) is 24.0 Å². The fourth-order valence-corrected chi connectivity index (χ4v) is 1.95. The summed E-state index contributed by atoms with van der Waals surface area (Å²) < 4.78 is 0. The average molecular weight is 283 g/mol. The van der Waals surface area contributed by atoms with E-state index in [1.54, 1.807) is 12.3 Å². The molecule has 21 heavy (non-hydrogen) atoms. The van der Waals surface area contributed by atoms with Crippen molar-refractivity contribution < 1.29 is 4.79 Å². The van der Waals surface area contributed by atoms with Gasteiger partial charge >= 0.3 is 0 Å². The summed E-state index contributed by atoms with van der Waals surface area (Å²) in [5.41, 5.74) is 1.89. The van der Waals surface area contributed by atoms with Gasteiger partial charge in [-0.05, 0) is 30.5 Å². The van der Waals surface area contributed by atoms with Crippen LogP contribution in [0, 0.1) is 0 Å². The van der Waals surface area contributed by atoms with E-state index < -0.39 is 0 Å². The first-order chi connectivity index (χ1) is 10.3. The number of nitrogens with one attached hydrogen (secondary N) is 2. The number of benzene rings is 1. The van der Waals surface area contributed by atoms with Crippen molar-refractivity contribution in [3.63, 3.8) is 0 Å². The molecule has 1 aromatic heterocycles. The van der Waals surface area contributed by atoms with Gasteiger partial charge in [0, 0.05) is 19.3 Å². The van der Waals surface area contributed by atoms with Gasteiger partial charge in [0.2, 0.25) is 0 Å². The Bertz CT molecular complexity index is 552. The van der Waals surface area contributed by atoms with Crippen LogP contribution >= 0.6 is 0 Å². The number of carbonyl (C=O) groups is 1. The molecule has 110 valence electrons. The highest BCUT2D eigenvalue weighted by Gasteiger charge is 2.04. The average Bonchev–Trinajstić information content (AvgIpc) is 2.54. The highest BCUT2D eigenvalue weighted by Crippen LogP contribution is 2.06. The first kappa shape index (κ1) is 15.0. The minimum Gasteiger partial charge on any atom is -0.370 e. The molecule has 0 bridgehead atoms. The summed E-state index contributed by atoms with van der Waals surface area (Å²) >= 11 is 0. The van der Waals surface area contributed by atoms with Crippen LogP contribution in [0.3, 0.4) is 0 Å². The van der Waals surface area contributed by atoms with Crippen LogP contribution in [0.15, 0.2) is 48.7 Å². The van der Waals surface area contributed by atoms with Crippen molar-refractivity contribution in [2.24, 2.45) is 0 Å². The Morgan fingerprint density at radius 1 is 1.10 bits per heavy atom. The zero-order valence-electron chi connectivity index (χ0n) is 12.3. The first-order valence-corrected chi connectivity index (χ1v) is 7.31. The molecule has 2 N–H and O–H groups in total. The second-order valence-corrected chi connectivity index (χ2v) is 4.85.